The number of aliphatic hydroxyl groups excluding tert-OH is 1. The molecule has 1 heterocycles. The lowest BCUT2D eigenvalue weighted by Crippen LogP contribution is -2.58. The number of benzene rings is 2. The SMILES string of the molecule is CN1CCN(C23CCC(c4ccccc42)c2ccccc23)CC1.OCCCl. The molecule has 0 spiro atoms. The summed E-state index contributed by atoms with van der Waals surface area (Å²) in [6.45, 7) is 4.78. The fourth-order valence-corrected chi connectivity index (χ4v) is 5.29. The predicted molar refractivity (Wildman–Crippen MR) is 112 cm³/mol. The zero-order valence-corrected chi connectivity index (χ0v) is 16.8. The van der Waals surface area contributed by atoms with Crippen molar-refractivity contribution in [2.45, 2.75) is 24.3 Å². The van der Waals surface area contributed by atoms with Crippen LogP contribution in [-0.2, 0) is 5.54 Å². The summed E-state index contributed by atoms with van der Waals surface area (Å²) in [4.78, 5) is 5.24. The third kappa shape index (κ3) is 3.11. The highest BCUT2D eigenvalue weighted by molar-refractivity contribution is 6.17. The highest BCUT2D eigenvalue weighted by Gasteiger charge is 2.51. The van der Waals surface area contributed by atoms with Gasteiger partial charge in [-0.05, 0) is 42.1 Å². The van der Waals surface area contributed by atoms with Crippen molar-refractivity contribution in [3.8, 4) is 0 Å². The second-order valence-electron chi connectivity index (χ2n) is 7.83. The van der Waals surface area contributed by atoms with Crippen LogP contribution in [0.5, 0.6) is 0 Å². The van der Waals surface area contributed by atoms with Crippen LogP contribution in [0.2, 0.25) is 0 Å². The van der Waals surface area contributed by atoms with Gasteiger partial charge in [-0.2, -0.15) is 0 Å². The summed E-state index contributed by atoms with van der Waals surface area (Å²) in [6, 6.07) is 18.5. The minimum absolute atomic E-state index is 0.0849. The van der Waals surface area contributed by atoms with E-state index in [4.69, 9.17) is 16.7 Å². The fourth-order valence-electron chi connectivity index (χ4n) is 5.29. The molecule has 4 heteroatoms. The minimum atomic E-state index is 0.0849. The van der Waals surface area contributed by atoms with Crippen molar-refractivity contribution in [2.75, 3.05) is 45.7 Å². The van der Waals surface area contributed by atoms with Crippen LogP contribution in [0.15, 0.2) is 48.5 Å². The Bertz CT molecular complexity index is 736. The predicted octanol–water partition coefficient (Wildman–Crippen LogP) is 3.63. The largest absolute Gasteiger partial charge is 0.395 e. The lowest BCUT2D eigenvalue weighted by Gasteiger charge is -2.56. The summed E-state index contributed by atoms with van der Waals surface area (Å²) in [6.07, 6.45) is 2.57. The molecular weight excluding hydrogens is 356 g/mol. The van der Waals surface area contributed by atoms with Gasteiger partial charge in [0, 0.05) is 38.0 Å². The average Bonchev–Trinajstić information content (AvgIpc) is 2.75. The first-order chi connectivity index (χ1) is 13.2. The zero-order chi connectivity index (χ0) is 18.9. The summed E-state index contributed by atoms with van der Waals surface area (Å²) in [7, 11) is 2.24. The van der Waals surface area contributed by atoms with Crippen molar-refractivity contribution >= 4 is 11.6 Å². The number of hydrogen-bond acceptors (Lipinski definition) is 3. The topological polar surface area (TPSA) is 26.7 Å². The maximum Gasteiger partial charge on any atom is 0.0722 e. The van der Waals surface area contributed by atoms with E-state index in [1.165, 1.54) is 39.0 Å². The smallest absolute Gasteiger partial charge is 0.0722 e. The second kappa shape index (κ2) is 7.92. The zero-order valence-electron chi connectivity index (χ0n) is 16.1. The van der Waals surface area contributed by atoms with Gasteiger partial charge < -0.3 is 10.0 Å². The van der Waals surface area contributed by atoms with Crippen LogP contribution in [0.25, 0.3) is 0 Å². The van der Waals surface area contributed by atoms with E-state index >= 15 is 0 Å². The highest BCUT2D eigenvalue weighted by Crippen LogP contribution is 2.57. The molecule has 0 atom stereocenters. The first-order valence-electron chi connectivity index (χ1n) is 10.0. The van der Waals surface area contributed by atoms with Crippen molar-refractivity contribution in [3.63, 3.8) is 0 Å². The van der Waals surface area contributed by atoms with E-state index in [1.807, 2.05) is 0 Å². The Morgan fingerprint density at radius 1 is 0.963 bits per heavy atom. The van der Waals surface area contributed by atoms with Gasteiger partial charge in [0.15, 0.2) is 0 Å². The van der Waals surface area contributed by atoms with Crippen molar-refractivity contribution in [3.05, 3.63) is 70.8 Å². The number of likely N-dealkylation sites (N-methyl/N-ethyl adjacent to an activating group) is 1. The number of piperazine rings is 1. The number of nitrogens with zero attached hydrogens (tertiary/aromatic N) is 2. The number of hydrogen-bond donors (Lipinski definition) is 1. The second-order valence-corrected chi connectivity index (χ2v) is 8.21. The summed E-state index contributed by atoms with van der Waals surface area (Å²) in [5.74, 6) is 0.955. The Morgan fingerprint density at radius 2 is 1.48 bits per heavy atom. The Hall–Kier alpha value is -1.39. The van der Waals surface area contributed by atoms with Crippen LogP contribution in [-0.4, -0.2) is 60.6 Å². The van der Waals surface area contributed by atoms with Crippen LogP contribution in [0, 0.1) is 0 Å². The molecule has 0 saturated carbocycles. The third-order valence-corrected chi connectivity index (χ3v) is 6.66. The average molecular weight is 385 g/mol. The van der Waals surface area contributed by atoms with E-state index < -0.39 is 0 Å². The molecule has 3 nitrogen and oxygen atoms in total. The van der Waals surface area contributed by atoms with Gasteiger partial charge in [-0.3, -0.25) is 4.90 Å². The van der Waals surface area contributed by atoms with Gasteiger partial charge in [-0.15, -0.1) is 11.6 Å². The number of alkyl halides is 1. The fraction of sp³-hybridized carbons (Fsp3) is 0.478. The van der Waals surface area contributed by atoms with Gasteiger partial charge in [-0.1, -0.05) is 48.5 Å². The molecule has 1 aliphatic heterocycles. The molecule has 1 N–H and O–H groups in total. The Morgan fingerprint density at radius 3 is 2.00 bits per heavy atom. The normalized spacial score (nSPS) is 26.7. The van der Waals surface area contributed by atoms with E-state index in [2.05, 4.69) is 65.4 Å². The first-order valence-corrected chi connectivity index (χ1v) is 10.5. The third-order valence-electron chi connectivity index (χ3n) is 6.49. The van der Waals surface area contributed by atoms with Gasteiger partial charge >= 0.3 is 0 Å². The number of fused-ring (bicyclic) bond motifs is 1. The van der Waals surface area contributed by atoms with E-state index in [-0.39, 0.29) is 12.1 Å². The van der Waals surface area contributed by atoms with Crippen LogP contribution in [0.3, 0.4) is 0 Å². The van der Waals surface area contributed by atoms with Crippen LogP contribution in [0.4, 0.5) is 0 Å². The van der Waals surface area contributed by atoms with Gasteiger partial charge in [0.05, 0.1) is 12.1 Å². The lowest BCUT2D eigenvalue weighted by atomic mass is 9.58. The molecule has 3 aliphatic carbocycles. The summed E-state index contributed by atoms with van der Waals surface area (Å²) in [5, 5.41) is 7.74. The van der Waals surface area contributed by atoms with Crippen molar-refractivity contribution in [1.82, 2.24) is 9.80 Å². The van der Waals surface area contributed by atoms with Crippen molar-refractivity contribution < 1.29 is 5.11 Å². The molecule has 4 aliphatic rings. The van der Waals surface area contributed by atoms with Crippen molar-refractivity contribution in [2.24, 2.45) is 0 Å². The molecule has 0 radical (unpaired) electrons. The Kier molecular flexibility index (Phi) is 5.56. The molecule has 0 amide bonds. The number of aliphatic hydroxyl groups is 1. The monoisotopic (exact) mass is 384 g/mol. The summed E-state index contributed by atoms with van der Waals surface area (Å²) < 4.78 is 0. The van der Waals surface area contributed by atoms with Crippen LogP contribution in [0.1, 0.15) is 41.0 Å². The van der Waals surface area contributed by atoms with E-state index in [1.54, 1.807) is 22.3 Å². The number of rotatable bonds is 2. The molecule has 1 fully saturated rings. The van der Waals surface area contributed by atoms with Crippen molar-refractivity contribution in [1.29, 1.82) is 0 Å². The molecule has 0 unspecified atom stereocenters. The molecule has 2 bridgehead atoms. The van der Waals surface area contributed by atoms with E-state index in [9.17, 15) is 0 Å². The highest BCUT2D eigenvalue weighted by atomic mass is 35.5. The van der Waals surface area contributed by atoms with E-state index in [0.29, 0.717) is 11.8 Å². The van der Waals surface area contributed by atoms with Gasteiger partial charge in [0.2, 0.25) is 0 Å². The maximum atomic E-state index is 7.74. The summed E-state index contributed by atoms with van der Waals surface area (Å²) >= 11 is 4.94. The van der Waals surface area contributed by atoms with E-state index in [0.717, 1.165) is 0 Å². The van der Waals surface area contributed by atoms with Crippen LogP contribution < -0.4 is 0 Å². The Labute approximate surface area is 167 Å². The standard InChI is InChI=1S/C21H24N2.C2H5ClO/c1-22-12-14-23(15-13-22)21-11-10-16(17-6-2-4-8-19(17)21)18-7-3-5-9-20(18)21;3-1-2-4/h2-9,16H,10-15H2,1H3;4H,1-2H2. The number of halogens is 1. The van der Waals surface area contributed by atoms with Crippen LogP contribution >= 0.6 is 11.6 Å². The minimum Gasteiger partial charge on any atom is -0.395 e. The lowest BCUT2D eigenvalue weighted by molar-refractivity contribution is 0.0429. The maximum absolute atomic E-state index is 7.74. The molecule has 0 aromatic heterocycles. The molecule has 144 valence electrons. The first kappa shape index (κ1) is 18.9. The molecule has 2 aromatic carbocycles. The molecule has 27 heavy (non-hydrogen) atoms. The molecule has 1 saturated heterocycles. The molecule has 6 rings (SSSR count). The van der Waals surface area contributed by atoms with Gasteiger partial charge in [0.25, 0.3) is 0 Å². The molecule has 2 aromatic rings. The van der Waals surface area contributed by atoms with Gasteiger partial charge in [-0.25, -0.2) is 0 Å². The Balaban J connectivity index is 0.000000413. The molecular formula is C23H29ClN2O. The van der Waals surface area contributed by atoms with Gasteiger partial charge in [0.1, 0.15) is 0 Å². The quantitative estimate of drug-likeness (QED) is 0.801. The summed E-state index contributed by atoms with van der Waals surface area (Å²) in [5.41, 5.74) is 6.44.